The Morgan fingerprint density at radius 3 is 2.50 bits per heavy atom. The summed E-state index contributed by atoms with van der Waals surface area (Å²) in [6, 6.07) is 0. The highest BCUT2D eigenvalue weighted by atomic mass is 35.5. The first-order valence-corrected chi connectivity index (χ1v) is 5.50. The van der Waals surface area contributed by atoms with Crippen molar-refractivity contribution in [3.05, 3.63) is 0 Å². The van der Waals surface area contributed by atoms with Crippen LogP contribution in [0.4, 0.5) is 0 Å². The fourth-order valence-corrected chi connectivity index (χ4v) is 1.39. The minimum absolute atomic E-state index is 0.169. The Bertz CT molecular complexity index is 142. The summed E-state index contributed by atoms with van der Waals surface area (Å²) in [7, 11) is 0. The van der Waals surface area contributed by atoms with Gasteiger partial charge in [-0.25, -0.2) is 0 Å². The van der Waals surface area contributed by atoms with Crippen molar-refractivity contribution < 1.29 is 9.53 Å². The van der Waals surface area contributed by atoms with Crippen molar-refractivity contribution in [1.82, 2.24) is 0 Å². The second-order valence-electron chi connectivity index (χ2n) is 3.33. The van der Waals surface area contributed by atoms with Crippen molar-refractivity contribution in [2.24, 2.45) is 0 Å². The highest BCUT2D eigenvalue weighted by Gasteiger charge is 2.15. The fraction of sp³-hybridized carbons (Fsp3) is 0.875. The maximum atomic E-state index is 11.0. The lowest BCUT2D eigenvalue weighted by Gasteiger charge is -2.19. The van der Waals surface area contributed by atoms with E-state index in [0.717, 1.165) is 5.75 Å². The monoisotopic (exact) mass is 210 g/mol. The van der Waals surface area contributed by atoms with Crippen LogP contribution in [0.1, 0.15) is 20.8 Å². The zero-order valence-electron chi connectivity index (χ0n) is 7.72. The molecule has 0 saturated heterocycles. The lowest BCUT2D eigenvalue weighted by atomic mass is 10.2. The van der Waals surface area contributed by atoms with E-state index in [1.807, 2.05) is 20.8 Å². The molecule has 4 heteroatoms. The Hall–Kier alpha value is 0.110. The zero-order valence-corrected chi connectivity index (χ0v) is 9.30. The average molecular weight is 211 g/mol. The smallest absolute Gasteiger partial charge is 0.316 e. The molecule has 0 aromatic heterocycles. The van der Waals surface area contributed by atoms with Crippen molar-refractivity contribution >= 4 is 29.3 Å². The average Bonchev–Trinajstić information content (AvgIpc) is 1.84. The van der Waals surface area contributed by atoms with Gasteiger partial charge in [-0.3, -0.25) is 4.79 Å². The van der Waals surface area contributed by atoms with Gasteiger partial charge in [0, 0.05) is 11.6 Å². The number of carbonyl (C=O) groups excluding carboxylic acids is 1. The van der Waals surface area contributed by atoms with Crippen molar-refractivity contribution in [2.75, 3.05) is 17.4 Å². The van der Waals surface area contributed by atoms with Crippen molar-refractivity contribution in [3.8, 4) is 0 Å². The Morgan fingerprint density at radius 1 is 1.50 bits per heavy atom. The molecule has 0 saturated carbocycles. The lowest BCUT2D eigenvalue weighted by molar-refractivity contribution is -0.151. The molecule has 0 aliphatic heterocycles. The minimum atomic E-state index is -0.376. The van der Waals surface area contributed by atoms with Crippen LogP contribution in [0.15, 0.2) is 0 Å². The number of thioether (sulfide) groups is 1. The Kier molecular flexibility index (Phi) is 5.76. The molecule has 2 nitrogen and oxygen atoms in total. The normalized spacial score (nSPS) is 11.3. The first-order chi connectivity index (χ1) is 5.45. The highest BCUT2D eigenvalue weighted by molar-refractivity contribution is 8.00. The van der Waals surface area contributed by atoms with E-state index in [4.69, 9.17) is 16.3 Å². The molecule has 0 spiro atoms. The summed E-state index contributed by atoms with van der Waals surface area (Å²) in [6.07, 6.45) is 0. The van der Waals surface area contributed by atoms with Gasteiger partial charge in [-0.05, 0) is 20.8 Å². The van der Waals surface area contributed by atoms with Crippen LogP contribution in [0.2, 0.25) is 0 Å². The number of esters is 1. The molecule has 0 unspecified atom stereocenters. The third-order valence-corrected chi connectivity index (χ3v) is 2.21. The van der Waals surface area contributed by atoms with Crippen LogP contribution < -0.4 is 0 Å². The molecule has 0 bridgehead atoms. The third kappa shape index (κ3) is 8.21. The Balaban J connectivity index is 3.47. The number of alkyl halides is 1. The Morgan fingerprint density at radius 2 is 2.08 bits per heavy atom. The number of carbonyl (C=O) groups is 1. The summed E-state index contributed by atoms with van der Waals surface area (Å²) in [6.45, 7) is 5.57. The molecular formula is C8H15ClO2S. The van der Waals surface area contributed by atoms with Crippen LogP contribution >= 0.6 is 23.4 Å². The molecular weight excluding hydrogens is 196 g/mol. The quantitative estimate of drug-likeness (QED) is 0.405. The topological polar surface area (TPSA) is 26.3 Å². The van der Waals surface area contributed by atoms with E-state index >= 15 is 0 Å². The van der Waals surface area contributed by atoms with Crippen LogP contribution in [0.5, 0.6) is 0 Å². The number of hydrogen-bond donors (Lipinski definition) is 0. The van der Waals surface area contributed by atoms with Gasteiger partial charge in [0.25, 0.3) is 0 Å². The summed E-state index contributed by atoms with van der Waals surface area (Å²) in [5, 5.41) is 0. The van der Waals surface area contributed by atoms with Crippen molar-refractivity contribution in [1.29, 1.82) is 0 Å². The molecule has 12 heavy (non-hydrogen) atoms. The van der Waals surface area contributed by atoms with Gasteiger partial charge in [0.2, 0.25) is 0 Å². The molecule has 0 aliphatic rings. The second kappa shape index (κ2) is 5.70. The SMILES string of the molecule is CC(C)(C)OC(=O)CSCCCl. The molecule has 0 radical (unpaired) electrons. The second-order valence-corrected chi connectivity index (χ2v) is 4.81. The predicted molar refractivity (Wildman–Crippen MR) is 53.9 cm³/mol. The molecule has 72 valence electrons. The zero-order chi connectivity index (χ0) is 9.61. The number of hydrogen-bond acceptors (Lipinski definition) is 3. The molecule has 0 N–H and O–H groups in total. The standard InChI is InChI=1S/C8H15ClO2S/c1-8(2,3)11-7(10)6-12-5-4-9/h4-6H2,1-3H3. The third-order valence-electron chi connectivity index (χ3n) is 0.861. The van der Waals surface area contributed by atoms with Gasteiger partial charge in [-0.2, -0.15) is 0 Å². The van der Waals surface area contributed by atoms with E-state index in [0.29, 0.717) is 11.6 Å². The molecule has 0 aliphatic carbocycles. The van der Waals surface area contributed by atoms with E-state index < -0.39 is 0 Å². The first-order valence-electron chi connectivity index (χ1n) is 3.81. The fourth-order valence-electron chi connectivity index (χ4n) is 0.581. The van der Waals surface area contributed by atoms with Gasteiger partial charge in [-0.1, -0.05) is 0 Å². The maximum absolute atomic E-state index is 11.0. The summed E-state index contributed by atoms with van der Waals surface area (Å²) in [5.74, 6) is 1.59. The highest BCUT2D eigenvalue weighted by Crippen LogP contribution is 2.09. The molecule has 0 heterocycles. The van der Waals surface area contributed by atoms with E-state index in [2.05, 4.69) is 0 Å². The number of ether oxygens (including phenoxy) is 1. The molecule has 0 atom stereocenters. The van der Waals surface area contributed by atoms with Crippen LogP contribution in [0.3, 0.4) is 0 Å². The van der Waals surface area contributed by atoms with Gasteiger partial charge in [-0.15, -0.1) is 23.4 Å². The summed E-state index contributed by atoms with van der Waals surface area (Å²) in [4.78, 5) is 11.0. The molecule has 0 aromatic rings. The van der Waals surface area contributed by atoms with E-state index in [1.165, 1.54) is 11.8 Å². The van der Waals surface area contributed by atoms with Crippen LogP contribution in [-0.4, -0.2) is 29.0 Å². The number of rotatable bonds is 4. The summed E-state index contributed by atoms with van der Waals surface area (Å²) >= 11 is 6.94. The Labute approximate surface area is 83.0 Å². The van der Waals surface area contributed by atoms with Crippen LogP contribution in [-0.2, 0) is 9.53 Å². The lowest BCUT2D eigenvalue weighted by Crippen LogP contribution is -2.25. The van der Waals surface area contributed by atoms with E-state index in [-0.39, 0.29) is 11.6 Å². The molecule has 0 amide bonds. The van der Waals surface area contributed by atoms with Gasteiger partial charge < -0.3 is 4.74 Å². The van der Waals surface area contributed by atoms with E-state index in [9.17, 15) is 4.79 Å². The molecule has 0 rings (SSSR count). The van der Waals surface area contributed by atoms with Crippen molar-refractivity contribution in [2.45, 2.75) is 26.4 Å². The van der Waals surface area contributed by atoms with Crippen LogP contribution in [0.25, 0.3) is 0 Å². The van der Waals surface area contributed by atoms with Crippen molar-refractivity contribution in [3.63, 3.8) is 0 Å². The largest absolute Gasteiger partial charge is 0.459 e. The summed E-state index contributed by atoms with van der Waals surface area (Å²) < 4.78 is 5.08. The number of halogens is 1. The van der Waals surface area contributed by atoms with Gasteiger partial charge in [0.15, 0.2) is 0 Å². The summed E-state index contributed by atoms with van der Waals surface area (Å²) in [5.41, 5.74) is -0.376. The first kappa shape index (κ1) is 12.1. The van der Waals surface area contributed by atoms with Gasteiger partial charge in [0.05, 0.1) is 5.75 Å². The van der Waals surface area contributed by atoms with Gasteiger partial charge in [0.1, 0.15) is 5.60 Å². The van der Waals surface area contributed by atoms with Gasteiger partial charge >= 0.3 is 5.97 Å². The molecule has 0 fully saturated rings. The minimum Gasteiger partial charge on any atom is -0.459 e. The maximum Gasteiger partial charge on any atom is 0.316 e. The predicted octanol–water partition coefficient (Wildman–Crippen LogP) is 2.30. The van der Waals surface area contributed by atoms with Crippen LogP contribution in [0, 0.1) is 0 Å². The molecule has 0 aromatic carbocycles. The van der Waals surface area contributed by atoms with E-state index in [1.54, 1.807) is 0 Å².